The molecule has 0 saturated carbocycles. The van der Waals surface area contributed by atoms with Crippen molar-refractivity contribution in [3.05, 3.63) is 228 Å². The van der Waals surface area contributed by atoms with Crippen molar-refractivity contribution in [2.24, 2.45) is 0 Å². The molecular formula is C62H54N4. The van der Waals surface area contributed by atoms with Gasteiger partial charge in [0.05, 0.1) is 34.1 Å². The van der Waals surface area contributed by atoms with Crippen LogP contribution in [0, 0.1) is 41.5 Å². The fourth-order valence-corrected chi connectivity index (χ4v) is 10.7. The monoisotopic (exact) mass is 854 g/mol. The standard InChI is InChI=1S/C62H54N4/c1-41-43(3)57(47-24-11-7-12-25-47)61(58(44(41)4)48-26-13-8-14-27-48)65-39-63(53-34-19-21-36-55(53)65)51-32-23-33-52(38-51)64-40-66(56-37-22-20-35-54(56)64)62-59(49-28-15-9-16-29-49)45(5)42(2)46(6)60(62)50-30-17-10-18-31-50/h7-38H,39-40H2,1-6H3. The summed E-state index contributed by atoms with van der Waals surface area (Å²) in [6.07, 6.45) is 0. The number of para-hydroxylation sites is 4. The molecule has 0 unspecified atom stereocenters. The lowest BCUT2D eigenvalue weighted by molar-refractivity contribution is 0.976. The maximum atomic E-state index is 2.57. The topological polar surface area (TPSA) is 13.0 Å². The number of hydrogen-bond acceptors (Lipinski definition) is 4. The van der Waals surface area contributed by atoms with E-state index in [1.165, 1.54) is 112 Å². The number of hydrogen-bond donors (Lipinski definition) is 0. The van der Waals surface area contributed by atoms with E-state index in [2.05, 4.69) is 255 Å². The van der Waals surface area contributed by atoms with Crippen molar-refractivity contribution in [1.82, 2.24) is 0 Å². The second-order valence-corrected chi connectivity index (χ2v) is 17.9. The maximum absolute atomic E-state index is 2.57. The molecule has 0 aromatic heterocycles. The van der Waals surface area contributed by atoms with Crippen LogP contribution in [-0.4, -0.2) is 13.3 Å². The summed E-state index contributed by atoms with van der Waals surface area (Å²) in [7, 11) is 0. The van der Waals surface area contributed by atoms with Gasteiger partial charge in [-0.1, -0.05) is 152 Å². The lowest BCUT2D eigenvalue weighted by Gasteiger charge is -2.31. The number of anilines is 8. The van der Waals surface area contributed by atoms with Crippen LogP contribution in [0.3, 0.4) is 0 Å². The molecule has 2 aliphatic rings. The van der Waals surface area contributed by atoms with Gasteiger partial charge in [-0.25, -0.2) is 0 Å². The SMILES string of the molecule is Cc1c(C)c(-c2ccccc2)c(N2CN(c3cccc(N4CN(c5c(-c6ccccc6)c(C)c(C)c(C)c5-c5ccccc5)c5ccccc54)c3)c3ccccc32)c(-c2ccccc2)c1C. The van der Waals surface area contributed by atoms with Crippen molar-refractivity contribution in [3.8, 4) is 44.5 Å². The molecule has 4 heteroatoms. The van der Waals surface area contributed by atoms with Gasteiger partial charge in [0, 0.05) is 33.6 Å². The lowest BCUT2D eigenvalue weighted by atomic mass is 9.85. The molecule has 0 N–H and O–H groups in total. The molecule has 0 saturated heterocycles. The van der Waals surface area contributed by atoms with Gasteiger partial charge in [0.2, 0.25) is 0 Å². The summed E-state index contributed by atoms with van der Waals surface area (Å²) in [4.78, 5) is 10.1. The third-order valence-electron chi connectivity index (χ3n) is 14.4. The molecule has 0 fully saturated rings. The van der Waals surface area contributed by atoms with Crippen LogP contribution in [-0.2, 0) is 0 Å². The smallest absolute Gasteiger partial charge is 0.100 e. The Kier molecular flexibility index (Phi) is 10.3. The quantitative estimate of drug-likeness (QED) is 0.151. The second kappa shape index (κ2) is 16.6. The highest BCUT2D eigenvalue weighted by molar-refractivity contribution is 6.03. The van der Waals surface area contributed by atoms with Crippen LogP contribution in [0.15, 0.2) is 194 Å². The van der Waals surface area contributed by atoms with E-state index in [0.717, 1.165) is 11.4 Å². The van der Waals surface area contributed by atoms with Gasteiger partial charge < -0.3 is 19.6 Å². The van der Waals surface area contributed by atoms with Crippen LogP contribution in [0.5, 0.6) is 0 Å². The summed E-state index contributed by atoms with van der Waals surface area (Å²) in [5.74, 6) is 0. The first-order chi connectivity index (χ1) is 32.3. The molecule has 322 valence electrons. The predicted octanol–water partition coefficient (Wildman–Crippen LogP) is 16.7. The Morgan fingerprint density at radius 3 is 0.803 bits per heavy atom. The molecule has 4 nitrogen and oxygen atoms in total. The molecule has 2 heterocycles. The van der Waals surface area contributed by atoms with Crippen molar-refractivity contribution in [2.75, 3.05) is 32.9 Å². The molecule has 0 aliphatic carbocycles. The van der Waals surface area contributed by atoms with Crippen molar-refractivity contribution in [3.63, 3.8) is 0 Å². The summed E-state index contributed by atoms with van der Waals surface area (Å²) in [6, 6.07) is 70.9. The fourth-order valence-electron chi connectivity index (χ4n) is 10.7. The van der Waals surface area contributed by atoms with Gasteiger partial charge in [0.1, 0.15) is 13.3 Å². The van der Waals surface area contributed by atoms with E-state index in [4.69, 9.17) is 0 Å². The number of fused-ring (bicyclic) bond motifs is 2. The predicted molar refractivity (Wildman–Crippen MR) is 281 cm³/mol. The zero-order chi connectivity index (χ0) is 45.1. The van der Waals surface area contributed by atoms with E-state index in [-0.39, 0.29) is 0 Å². The third kappa shape index (κ3) is 6.67. The molecule has 0 radical (unpaired) electrons. The lowest BCUT2D eigenvalue weighted by Crippen LogP contribution is -2.27. The summed E-state index contributed by atoms with van der Waals surface area (Å²) in [5.41, 5.74) is 27.5. The fraction of sp³-hybridized carbons (Fsp3) is 0.129. The van der Waals surface area contributed by atoms with Gasteiger partial charge in [-0.2, -0.15) is 0 Å². The minimum atomic E-state index is 0.663. The normalized spacial score (nSPS) is 13.1. The van der Waals surface area contributed by atoms with E-state index in [9.17, 15) is 0 Å². The van der Waals surface area contributed by atoms with Crippen LogP contribution in [0.2, 0.25) is 0 Å². The van der Waals surface area contributed by atoms with Crippen molar-refractivity contribution >= 4 is 45.5 Å². The molecule has 0 amide bonds. The van der Waals surface area contributed by atoms with Crippen LogP contribution in [0.4, 0.5) is 45.5 Å². The highest BCUT2D eigenvalue weighted by atomic mass is 15.4. The largest absolute Gasteiger partial charge is 0.321 e. The summed E-state index contributed by atoms with van der Waals surface area (Å²) in [5, 5.41) is 0. The van der Waals surface area contributed by atoms with Gasteiger partial charge in [0.15, 0.2) is 0 Å². The zero-order valence-corrected chi connectivity index (χ0v) is 38.7. The Labute approximate surface area is 390 Å². The average molecular weight is 855 g/mol. The highest BCUT2D eigenvalue weighted by Gasteiger charge is 2.36. The molecule has 9 aromatic rings. The number of nitrogens with zero attached hydrogens (tertiary/aromatic N) is 4. The van der Waals surface area contributed by atoms with E-state index in [1.807, 2.05) is 0 Å². The molecule has 0 atom stereocenters. The Balaban J connectivity index is 1.05. The Bertz CT molecular complexity index is 2920. The van der Waals surface area contributed by atoms with Crippen LogP contribution >= 0.6 is 0 Å². The second-order valence-electron chi connectivity index (χ2n) is 17.9. The van der Waals surface area contributed by atoms with Crippen molar-refractivity contribution < 1.29 is 0 Å². The summed E-state index contributed by atoms with van der Waals surface area (Å²) < 4.78 is 0. The minimum Gasteiger partial charge on any atom is -0.321 e. The molecule has 66 heavy (non-hydrogen) atoms. The zero-order valence-electron chi connectivity index (χ0n) is 38.7. The number of benzene rings is 9. The molecule has 0 bridgehead atoms. The van der Waals surface area contributed by atoms with E-state index in [0.29, 0.717) is 13.3 Å². The summed E-state index contributed by atoms with van der Waals surface area (Å²) in [6.45, 7) is 15.1. The van der Waals surface area contributed by atoms with Gasteiger partial charge in [-0.05, 0) is 140 Å². The Morgan fingerprint density at radius 2 is 0.515 bits per heavy atom. The van der Waals surface area contributed by atoms with Crippen LogP contribution < -0.4 is 19.6 Å². The first-order valence-corrected chi connectivity index (χ1v) is 23.2. The van der Waals surface area contributed by atoms with E-state index in [1.54, 1.807) is 0 Å². The van der Waals surface area contributed by atoms with Gasteiger partial charge in [0.25, 0.3) is 0 Å². The van der Waals surface area contributed by atoms with Gasteiger partial charge in [-0.15, -0.1) is 0 Å². The molecule has 2 aliphatic heterocycles. The van der Waals surface area contributed by atoms with E-state index >= 15 is 0 Å². The Hall–Kier alpha value is -7.82. The molecule has 9 aromatic carbocycles. The van der Waals surface area contributed by atoms with Crippen molar-refractivity contribution in [2.45, 2.75) is 41.5 Å². The van der Waals surface area contributed by atoms with Gasteiger partial charge >= 0.3 is 0 Å². The Morgan fingerprint density at radius 1 is 0.258 bits per heavy atom. The van der Waals surface area contributed by atoms with Crippen LogP contribution in [0.25, 0.3) is 44.5 Å². The highest BCUT2D eigenvalue weighted by Crippen LogP contribution is 2.55. The van der Waals surface area contributed by atoms with Crippen molar-refractivity contribution in [1.29, 1.82) is 0 Å². The van der Waals surface area contributed by atoms with E-state index < -0.39 is 0 Å². The average Bonchev–Trinajstić information content (AvgIpc) is 3.95. The molecular weight excluding hydrogens is 801 g/mol. The summed E-state index contributed by atoms with van der Waals surface area (Å²) >= 11 is 0. The molecule has 11 rings (SSSR count). The maximum Gasteiger partial charge on any atom is 0.100 e. The first kappa shape index (κ1) is 40.9. The van der Waals surface area contributed by atoms with Gasteiger partial charge in [-0.3, -0.25) is 0 Å². The van der Waals surface area contributed by atoms with Crippen LogP contribution in [0.1, 0.15) is 33.4 Å². The molecule has 0 spiro atoms. The first-order valence-electron chi connectivity index (χ1n) is 23.2. The number of rotatable bonds is 8. The third-order valence-corrected chi connectivity index (χ3v) is 14.4. The minimum absolute atomic E-state index is 0.663.